The van der Waals surface area contributed by atoms with Crippen molar-refractivity contribution in [2.24, 2.45) is 0 Å². The quantitative estimate of drug-likeness (QED) is 0.474. The minimum absolute atomic E-state index is 0.0663. The molecule has 1 aromatic rings. The third kappa shape index (κ3) is 3.07. The van der Waals surface area contributed by atoms with Gasteiger partial charge in [0.25, 0.3) is 5.69 Å². The third-order valence-corrected chi connectivity index (χ3v) is 3.07. The molecule has 5 nitrogen and oxygen atoms in total. The van der Waals surface area contributed by atoms with Gasteiger partial charge in [-0.15, -0.1) is 0 Å². The molecule has 0 aliphatic heterocycles. The molecule has 0 aliphatic carbocycles. The highest BCUT2D eigenvalue weighted by Crippen LogP contribution is 2.32. The van der Waals surface area contributed by atoms with E-state index in [1.165, 1.54) is 6.07 Å². The minimum Gasteiger partial charge on any atom is -0.462 e. The number of nitro groups is 1. The number of halogens is 1. The predicted molar refractivity (Wildman–Crippen MR) is 70.7 cm³/mol. The van der Waals surface area contributed by atoms with Crippen molar-refractivity contribution in [2.45, 2.75) is 26.7 Å². The lowest BCUT2D eigenvalue weighted by atomic mass is 10.0. The van der Waals surface area contributed by atoms with Gasteiger partial charge in [-0.25, -0.2) is 4.79 Å². The van der Waals surface area contributed by atoms with E-state index in [-0.39, 0.29) is 11.3 Å². The molecule has 0 spiro atoms. The zero-order chi connectivity index (χ0) is 13.7. The first kappa shape index (κ1) is 14.6. The van der Waals surface area contributed by atoms with Gasteiger partial charge in [0.1, 0.15) is 0 Å². The average molecular weight is 316 g/mol. The number of rotatable bonds is 5. The van der Waals surface area contributed by atoms with E-state index < -0.39 is 10.9 Å². The SMILES string of the molecule is CCCOC(=O)c1ccc(Br)c([N+](=O)[O-])c1CC. The smallest absolute Gasteiger partial charge is 0.338 e. The van der Waals surface area contributed by atoms with E-state index in [4.69, 9.17) is 4.74 Å². The number of esters is 1. The second-order valence-electron chi connectivity index (χ2n) is 3.67. The van der Waals surface area contributed by atoms with Crippen LogP contribution in [0.1, 0.15) is 36.2 Å². The van der Waals surface area contributed by atoms with Crippen molar-refractivity contribution in [3.8, 4) is 0 Å². The molecule has 0 aromatic heterocycles. The molecule has 98 valence electrons. The monoisotopic (exact) mass is 315 g/mol. The van der Waals surface area contributed by atoms with Gasteiger partial charge in [-0.1, -0.05) is 13.8 Å². The van der Waals surface area contributed by atoms with Crippen LogP contribution in [0.25, 0.3) is 0 Å². The molecule has 0 heterocycles. The lowest BCUT2D eigenvalue weighted by Gasteiger charge is -2.09. The van der Waals surface area contributed by atoms with Crippen LogP contribution < -0.4 is 0 Å². The molecule has 0 bridgehead atoms. The van der Waals surface area contributed by atoms with E-state index in [0.29, 0.717) is 29.5 Å². The van der Waals surface area contributed by atoms with Crippen LogP contribution in [0.4, 0.5) is 5.69 Å². The molecule has 0 aliphatic rings. The van der Waals surface area contributed by atoms with Gasteiger partial charge < -0.3 is 4.74 Å². The van der Waals surface area contributed by atoms with Crippen LogP contribution in [0.3, 0.4) is 0 Å². The van der Waals surface area contributed by atoms with Crippen molar-refractivity contribution in [3.05, 3.63) is 37.8 Å². The van der Waals surface area contributed by atoms with Gasteiger partial charge >= 0.3 is 5.97 Å². The second-order valence-corrected chi connectivity index (χ2v) is 4.52. The Morgan fingerprint density at radius 2 is 2.11 bits per heavy atom. The van der Waals surface area contributed by atoms with Gasteiger partial charge in [-0.05, 0) is 40.9 Å². The lowest BCUT2D eigenvalue weighted by Crippen LogP contribution is -2.10. The van der Waals surface area contributed by atoms with E-state index in [9.17, 15) is 14.9 Å². The molecule has 0 unspecified atom stereocenters. The molecule has 1 rings (SSSR count). The average Bonchev–Trinajstić information content (AvgIpc) is 2.34. The summed E-state index contributed by atoms with van der Waals surface area (Å²) in [4.78, 5) is 22.3. The maximum absolute atomic E-state index is 11.8. The number of benzene rings is 1. The molecule has 18 heavy (non-hydrogen) atoms. The standard InChI is InChI=1S/C12H14BrNO4/c1-3-7-18-12(15)9-5-6-10(13)11(14(16)17)8(9)4-2/h5-6H,3-4,7H2,1-2H3. The maximum atomic E-state index is 11.8. The Kier molecular flexibility index (Phi) is 5.27. The Hall–Kier alpha value is -1.43. The highest BCUT2D eigenvalue weighted by molar-refractivity contribution is 9.10. The fourth-order valence-electron chi connectivity index (χ4n) is 1.63. The van der Waals surface area contributed by atoms with Crippen LogP contribution in [0.5, 0.6) is 0 Å². The highest BCUT2D eigenvalue weighted by atomic mass is 79.9. The first-order valence-corrected chi connectivity index (χ1v) is 6.45. The predicted octanol–water partition coefficient (Wildman–Crippen LogP) is 3.49. The fraction of sp³-hybridized carbons (Fsp3) is 0.417. The molecule has 1 aromatic carbocycles. The fourth-order valence-corrected chi connectivity index (χ4v) is 2.14. The van der Waals surface area contributed by atoms with Gasteiger partial charge in [0.15, 0.2) is 0 Å². The first-order valence-electron chi connectivity index (χ1n) is 5.65. The minimum atomic E-state index is -0.510. The van der Waals surface area contributed by atoms with E-state index >= 15 is 0 Å². The zero-order valence-electron chi connectivity index (χ0n) is 10.2. The molecular formula is C12H14BrNO4. The number of hydrogen-bond donors (Lipinski definition) is 0. The Morgan fingerprint density at radius 1 is 1.44 bits per heavy atom. The number of nitro benzene ring substituents is 1. The van der Waals surface area contributed by atoms with Crippen molar-refractivity contribution in [2.75, 3.05) is 6.61 Å². The van der Waals surface area contributed by atoms with Crippen molar-refractivity contribution in [3.63, 3.8) is 0 Å². The van der Waals surface area contributed by atoms with Crippen LogP contribution >= 0.6 is 15.9 Å². The number of hydrogen-bond acceptors (Lipinski definition) is 4. The van der Waals surface area contributed by atoms with Crippen LogP contribution in [-0.4, -0.2) is 17.5 Å². The summed E-state index contributed by atoms with van der Waals surface area (Å²) in [5, 5.41) is 11.0. The molecule has 0 N–H and O–H groups in total. The Balaban J connectivity index is 3.24. The molecule has 0 saturated heterocycles. The zero-order valence-corrected chi connectivity index (χ0v) is 11.8. The largest absolute Gasteiger partial charge is 0.462 e. The summed E-state index contributed by atoms with van der Waals surface area (Å²) in [5.74, 6) is -0.510. The molecule has 0 saturated carbocycles. The van der Waals surface area contributed by atoms with Crippen LogP contribution in [-0.2, 0) is 11.2 Å². The molecular weight excluding hydrogens is 302 g/mol. The Morgan fingerprint density at radius 3 is 2.61 bits per heavy atom. The molecule has 0 radical (unpaired) electrons. The van der Waals surface area contributed by atoms with Gasteiger partial charge in [0, 0.05) is 5.56 Å². The van der Waals surface area contributed by atoms with Crippen LogP contribution in [0, 0.1) is 10.1 Å². The van der Waals surface area contributed by atoms with Gasteiger partial charge in [-0.2, -0.15) is 0 Å². The Bertz CT molecular complexity index is 473. The van der Waals surface area contributed by atoms with Gasteiger partial charge in [-0.3, -0.25) is 10.1 Å². The summed E-state index contributed by atoms with van der Waals surface area (Å²) in [7, 11) is 0. The lowest BCUT2D eigenvalue weighted by molar-refractivity contribution is -0.386. The van der Waals surface area contributed by atoms with Gasteiger partial charge in [0.2, 0.25) is 0 Å². The normalized spacial score (nSPS) is 10.2. The summed E-state index contributed by atoms with van der Waals surface area (Å²) < 4.78 is 5.39. The van der Waals surface area contributed by atoms with Crippen molar-refractivity contribution < 1.29 is 14.5 Å². The summed E-state index contributed by atoms with van der Waals surface area (Å²) in [6.45, 7) is 3.97. The van der Waals surface area contributed by atoms with Crippen LogP contribution in [0.15, 0.2) is 16.6 Å². The molecule has 0 fully saturated rings. The topological polar surface area (TPSA) is 69.4 Å². The summed E-state index contributed by atoms with van der Waals surface area (Å²) in [6, 6.07) is 3.05. The Labute approximate surface area is 113 Å². The molecule has 0 amide bonds. The molecule has 6 heteroatoms. The van der Waals surface area contributed by atoms with E-state index in [1.807, 2.05) is 6.92 Å². The summed E-state index contributed by atoms with van der Waals surface area (Å²) in [6.07, 6.45) is 1.11. The summed E-state index contributed by atoms with van der Waals surface area (Å²) in [5.41, 5.74) is 0.597. The van der Waals surface area contributed by atoms with Crippen LogP contribution in [0.2, 0.25) is 0 Å². The number of ether oxygens (including phenoxy) is 1. The molecule has 0 atom stereocenters. The third-order valence-electron chi connectivity index (χ3n) is 2.43. The maximum Gasteiger partial charge on any atom is 0.338 e. The van der Waals surface area contributed by atoms with Crippen molar-refractivity contribution >= 4 is 27.6 Å². The summed E-state index contributed by atoms with van der Waals surface area (Å²) >= 11 is 3.13. The van der Waals surface area contributed by atoms with E-state index in [2.05, 4.69) is 15.9 Å². The van der Waals surface area contributed by atoms with Crippen molar-refractivity contribution in [1.82, 2.24) is 0 Å². The highest BCUT2D eigenvalue weighted by Gasteiger charge is 2.24. The van der Waals surface area contributed by atoms with E-state index in [0.717, 1.165) is 0 Å². The van der Waals surface area contributed by atoms with E-state index in [1.54, 1.807) is 13.0 Å². The first-order chi connectivity index (χ1) is 8.52. The number of carbonyl (C=O) groups excluding carboxylic acids is 1. The number of nitrogens with zero attached hydrogens (tertiary/aromatic N) is 1. The second kappa shape index (κ2) is 6.49. The number of carbonyl (C=O) groups is 1. The van der Waals surface area contributed by atoms with Gasteiger partial charge in [0.05, 0.1) is 21.6 Å². The van der Waals surface area contributed by atoms with Crippen molar-refractivity contribution in [1.29, 1.82) is 0 Å².